The first kappa shape index (κ1) is 14.2. The third-order valence-electron chi connectivity index (χ3n) is 3.08. The van der Waals surface area contributed by atoms with E-state index in [-0.39, 0.29) is 0 Å². The monoisotopic (exact) mass is 367 g/mol. The topological polar surface area (TPSA) is 32.3 Å². The van der Waals surface area contributed by atoms with E-state index < -0.39 is 0 Å². The second-order valence-electron chi connectivity index (χ2n) is 4.73. The second-order valence-corrected chi connectivity index (χ2v) is 5.89. The van der Waals surface area contributed by atoms with Crippen LogP contribution in [0, 0.1) is 3.57 Å². The second kappa shape index (κ2) is 6.80. The van der Waals surface area contributed by atoms with Gasteiger partial charge in [0.1, 0.15) is 5.75 Å². The van der Waals surface area contributed by atoms with Crippen molar-refractivity contribution < 1.29 is 5.11 Å². The molecule has 19 heavy (non-hydrogen) atoms. The summed E-state index contributed by atoms with van der Waals surface area (Å²) in [5.74, 6) is 0.328. The van der Waals surface area contributed by atoms with Gasteiger partial charge in [-0.25, -0.2) is 0 Å². The van der Waals surface area contributed by atoms with Crippen molar-refractivity contribution in [3.05, 3.63) is 57.7 Å². The lowest BCUT2D eigenvalue weighted by molar-refractivity contribution is 0.475. The van der Waals surface area contributed by atoms with E-state index in [0.717, 1.165) is 12.8 Å². The molecule has 0 radical (unpaired) electrons. The summed E-state index contributed by atoms with van der Waals surface area (Å²) in [4.78, 5) is 0. The standard InChI is InChI=1S/C16H18INO/c1-12(18-16-5-3-2-4-15(16)17)6-7-13-8-10-14(19)11-9-13/h2-5,8-12,18-19H,6-7H2,1H3. The van der Waals surface area contributed by atoms with Gasteiger partial charge in [-0.05, 0) is 72.2 Å². The Hall–Kier alpha value is -1.23. The summed E-state index contributed by atoms with van der Waals surface area (Å²) in [6.07, 6.45) is 2.08. The zero-order valence-electron chi connectivity index (χ0n) is 10.9. The van der Waals surface area contributed by atoms with Gasteiger partial charge < -0.3 is 10.4 Å². The molecule has 2 aromatic rings. The third kappa shape index (κ3) is 4.42. The average Bonchev–Trinajstić information content (AvgIpc) is 2.41. The number of rotatable bonds is 5. The lowest BCUT2D eigenvalue weighted by Crippen LogP contribution is -2.16. The number of hydrogen-bond donors (Lipinski definition) is 2. The molecular weight excluding hydrogens is 349 g/mol. The zero-order valence-corrected chi connectivity index (χ0v) is 13.1. The van der Waals surface area contributed by atoms with Crippen LogP contribution in [0.3, 0.4) is 0 Å². The smallest absolute Gasteiger partial charge is 0.115 e. The van der Waals surface area contributed by atoms with Crippen LogP contribution in [-0.2, 0) is 6.42 Å². The molecule has 1 unspecified atom stereocenters. The van der Waals surface area contributed by atoms with Gasteiger partial charge in [-0.1, -0.05) is 24.3 Å². The molecule has 2 aromatic carbocycles. The van der Waals surface area contributed by atoms with Crippen molar-refractivity contribution in [3.63, 3.8) is 0 Å². The lowest BCUT2D eigenvalue weighted by atomic mass is 10.1. The van der Waals surface area contributed by atoms with Crippen molar-refractivity contribution in [2.24, 2.45) is 0 Å². The minimum absolute atomic E-state index is 0.328. The molecule has 0 amide bonds. The average molecular weight is 367 g/mol. The molecule has 0 aliphatic carbocycles. The summed E-state index contributed by atoms with van der Waals surface area (Å²) in [5.41, 5.74) is 2.45. The van der Waals surface area contributed by atoms with E-state index in [2.05, 4.69) is 53.0 Å². The number of benzene rings is 2. The molecule has 0 fully saturated rings. The van der Waals surface area contributed by atoms with Gasteiger partial charge in [-0.15, -0.1) is 0 Å². The number of phenolic OH excluding ortho intramolecular Hbond substituents is 1. The summed E-state index contributed by atoms with van der Waals surface area (Å²) >= 11 is 2.35. The number of nitrogens with one attached hydrogen (secondary N) is 1. The van der Waals surface area contributed by atoms with Gasteiger partial charge in [0.15, 0.2) is 0 Å². The highest BCUT2D eigenvalue weighted by atomic mass is 127. The maximum absolute atomic E-state index is 9.25. The fourth-order valence-corrected chi connectivity index (χ4v) is 2.50. The maximum Gasteiger partial charge on any atom is 0.115 e. The fourth-order valence-electron chi connectivity index (χ4n) is 1.96. The van der Waals surface area contributed by atoms with Crippen LogP contribution >= 0.6 is 22.6 Å². The molecule has 0 bridgehead atoms. The van der Waals surface area contributed by atoms with Gasteiger partial charge in [0.05, 0.1) is 0 Å². The highest BCUT2D eigenvalue weighted by molar-refractivity contribution is 14.1. The summed E-state index contributed by atoms with van der Waals surface area (Å²) in [5, 5.41) is 12.8. The van der Waals surface area contributed by atoms with Crippen molar-refractivity contribution in [1.82, 2.24) is 0 Å². The minimum Gasteiger partial charge on any atom is -0.508 e. The van der Waals surface area contributed by atoms with Gasteiger partial charge in [0.2, 0.25) is 0 Å². The molecule has 0 aromatic heterocycles. The van der Waals surface area contributed by atoms with Crippen molar-refractivity contribution in [2.75, 3.05) is 5.32 Å². The van der Waals surface area contributed by atoms with Crippen LogP contribution in [0.4, 0.5) is 5.69 Å². The molecule has 100 valence electrons. The number of aryl methyl sites for hydroxylation is 1. The number of halogens is 1. The fraction of sp³-hybridized carbons (Fsp3) is 0.250. The molecule has 0 saturated carbocycles. The number of aromatic hydroxyl groups is 1. The van der Waals surface area contributed by atoms with E-state index in [1.807, 2.05) is 18.2 Å². The van der Waals surface area contributed by atoms with Crippen LogP contribution in [0.25, 0.3) is 0 Å². The molecule has 0 spiro atoms. The largest absolute Gasteiger partial charge is 0.508 e. The van der Waals surface area contributed by atoms with Gasteiger partial charge in [-0.2, -0.15) is 0 Å². The molecule has 2 nitrogen and oxygen atoms in total. The van der Waals surface area contributed by atoms with Crippen LogP contribution in [-0.4, -0.2) is 11.1 Å². The summed E-state index contributed by atoms with van der Waals surface area (Å²) in [7, 11) is 0. The van der Waals surface area contributed by atoms with E-state index in [4.69, 9.17) is 0 Å². The number of para-hydroxylation sites is 1. The Morgan fingerprint density at radius 1 is 1.11 bits per heavy atom. The Morgan fingerprint density at radius 3 is 2.47 bits per heavy atom. The van der Waals surface area contributed by atoms with Crippen LogP contribution in [0.1, 0.15) is 18.9 Å². The normalized spacial score (nSPS) is 12.1. The van der Waals surface area contributed by atoms with E-state index in [1.54, 1.807) is 12.1 Å². The van der Waals surface area contributed by atoms with Crippen LogP contribution in [0.2, 0.25) is 0 Å². The Labute approximate surface area is 128 Å². The summed E-state index contributed by atoms with van der Waals surface area (Å²) < 4.78 is 1.25. The predicted molar refractivity (Wildman–Crippen MR) is 88.7 cm³/mol. The van der Waals surface area contributed by atoms with E-state index in [1.165, 1.54) is 14.8 Å². The SMILES string of the molecule is CC(CCc1ccc(O)cc1)Nc1ccccc1I. The minimum atomic E-state index is 0.328. The first-order valence-corrected chi connectivity index (χ1v) is 7.52. The molecule has 0 aliphatic rings. The van der Waals surface area contributed by atoms with Gasteiger partial charge in [-0.3, -0.25) is 0 Å². The van der Waals surface area contributed by atoms with Crippen molar-refractivity contribution in [1.29, 1.82) is 0 Å². The molecule has 3 heteroatoms. The molecule has 0 aliphatic heterocycles. The van der Waals surface area contributed by atoms with E-state index in [9.17, 15) is 5.11 Å². The number of phenols is 1. The Balaban J connectivity index is 1.86. The quantitative estimate of drug-likeness (QED) is 0.767. The molecule has 2 N–H and O–H groups in total. The lowest BCUT2D eigenvalue weighted by Gasteiger charge is -2.16. The Bertz CT molecular complexity index is 525. The number of anilines is 1. The van der Waals surface area contributed by atoms with Gasteiger partial charge in [0.25, 0.3) is 0 Å². The van der Waals surface area contributed by atoms with E-state index >= 15 is 0 Å². The van der Waals surface area contributed by atoms with Crippen LogP contribution in [0.15, 0.2) is 48.5 Å². The first-order chi connectivity index (χ1) is 9.15. The summed E-state index contributed by atoms with van der Waals surface area (Å²) in [6, 6.07) is 16.2. The summed E-state index contributed by atoms with van der Waals surface area (Å²) in [6.45, 7) is 2.20. The third-order valence-corrected chi connectivity index (χ3v) is 4.02. The first-order valence-electron chi connectivity index (χ1n) is 6.44. The van der Waals surface area contributed by atoms with Gasteiger partial charge >= 0.3 is 0 Å². The zero-order chi connectivity index (χ0) is 13.7. The predicted octanol–water partition coefficient (Wildman–Crippen LogP) is 4.43. The highest BCUT2D eigenvalue weighted by Gasteiger charge is 2.05. The van der Waals surface area contributed by atoms with Gasteiger partial charge in [0, 0.05) is 15.3 Å². The van der Waals surface area contributed by atoms with Crippen LogP contribution in [0.5, 0.6) is 5.75 Å². The molecular formula is C16H18INO. The molecule has 1 atom stereocenters. The Kier molecular flexibility index (Phi) is 5.07. The highest BCUT2D eigenvalue weighted by Crippen LogP contribution is 2.19. The van der Waals surface area contributed by atoms with Crippen LogP contribution < -0.4 is 5.32 Å². The van der Waals surface area contributed by atoms with Crippen molar-refractivity contribution in [2.45, 2.75) is 25.8 Å². The van der Waals surface area contributed by atoms with E-state index in [0.29, 0.717) is 11.8 Å². The number of hydrogen-bond acceptors (Lipinski definition) is 2. The van der Waals surface area contributed by atoms with Crippen molar-refractivity contribution >= 4 is 28.3 Å². The van der Waals surface area contributed by atoms with Crippen molar-refractivity contribution in [3.8, 4) is 5.75 Å². The maximum atomic E-state index is 9.25. The molecule has 0 heterocycles. The Morgan fingerprint density at radius 2 is 1.79 bits per heavy atom. The molecule has 0 saturated heterocycles. The molecule has 2 rings (SSSR count).